The summed E-state index contributed by atoms with van der Waals surface area (Å²) >= 11 is 3.38. The van der Waals surface area contributed by atoms with Gasteiger partial charge < -0.3 is 19.8 Å². The van der Waals surface area contributed by atoms with Gasteiger partial charge in [-0.15, -0.1) is 0 Å². The first kappa shape index (κ1) is 16.1. The van der Waals surface area contributed by atoms with E-state index in [1.807, 2.05) is 24.3 Å². The zero-order valence-corrected chi connectivity index (χ0v) is 14.3. The van der Waals surface area contributed by atoms with E-state index in [0.717, 1.165) is 23.2 Å². The van der Waals surface area contributed by atoms with Crippen molar-refractivity contribution in [1.29, 1.82) is 0 Å². The van der Waals surface area contributed by atoms with E-state index in [-0.39, 0.29) is 5.91 Å². The smallest absolute Gasteiger partial charge is 0.287 e. The molecule has 1 atom stereocenters. The zero-order chi connectivity index (χ0) is 16.1. The topological polar surface area (TPSA) is 63.5 Å². The van der Waals surface area contributed by atoms with Crippen molar-refractivity contribution < 1.29 is 13.9 Å². The van der Waals surface area contributed by atoms with Crippen LogP contribution in [0.2, 0.25) is 0 Å². The molecule has 2 N–H and O–H groups in total. The summed E-state index contributed by atoms with van der Waals surface area (Å²) in [6.07, 6.45) is 2.27. The number of hydrogen-bond acceptors (Lipinski definition) is 4. The molecule has 1 aliphatic rings. The van der Waals surface area contributed by atoms with Crippen LogP contribution in [0.4, 0.5) is 0 Å². The van der Waals surface area contributed by atoms with Crippen molar-refractivity contribution in [2.24, 2.45) is 0 Å². The highest BCUT2D eigenvalue weighted by Gasteiger charge is 2.17. The second-order valence-corrected chi connectivity index (χ2v) is 6.43. The van der Waals surface area contributed by atoms with Crippen LogP contribution in [-0.4, -0.2) is 25.0 Å². The largest absolute Gasteiger partial charge is 0.486 e. The summed E-state index contributed by atoms with van der Waals surface area (Å²) in [4.78, 5) is 12.0. The number of halogens is 1. The standard InChI is InChI=1S/C17H19BrN2O3/c18-12-3-5-14(6-4-12)22-11-15-7-8-16(23-15)17(21)20-10-13-2-1-9-19-13/h3-8,13,19H,1-2,9-11H2,(H,20,21). The van der Waals surface area contributed by atoms with Crippen LogP contribution in [0.5, 0.6) is 5.75 Å². The number of ether oxygens (including phenoxy) is 1. The average molecular weight is 379 g/mol. The van der Waals surface area contributed by atoms with Crippen LogP contribution in [0, 0.1) is 0 Å². The molecule has 0 radical (unpaired) electrons. The SMILES string of the molecule is O=C(NCC1CCCN1)c1ccc(COc2ccc(Br)cc2)o1. The van der Waals surface area contributed by atoms with Gasteiger partial charge in [-0.2, -0.15) is 0 Å². The van der Waals surface area contributed by atoms with Crippen LogP contribution < -0.4 is 15.4 Å². The number of rotatable bonds is 6. The first-order valence-electron chi connectivity index (χ1n) is 7.69. The van der Waals surface area contributed by atoms with E-state index in [0.29, 0.717) is 30.7 Å². The van der Waals surface area contributed by atoms with Gasteiger partial charge in [0.1, 0.15) is 18.1 Å². The van der Waals surface area contributed by atoms with Crippen LogP contribution in [0.15, 0.2) is 45.3 Å². The Hall–Kier alpha value is -1.79. The summed E-state index contributed by atoms with van der Waals surface area (Å²) < 4.78 is 12.2. The molecule has 122 valence electrons. The molecule has 0 spiro atoms. The quantitative estimate of drug-likeness (QED) is 0.810. The van der Waals surface area contributed by atoms with Gasteiger partial charge in [-0.1, -0.05) is 15.9 Å². The first-order chi connectivity index (χ1) is 11.2. The van der Waals surface area contributed by atoms with Crippen molar-refractivity contribution in [1.82, 2.24) is 10.6 Å². The van der Waals surface area contributed by atoms with Gasteiger partial charge in [-0.3, -0.25) is 4.79 Å². The molecular weight excluding hydrogens is 360 g/mol. The molecule has 0 aliphatic carbocycles. The molecule has 3 rings (SSSR count). The first-order valence-corrected chi connectivity index (χ1v) is 8.49. The molecule has 2 aromatic rings. The number of carbonyl (C=O) groups is 1. The zero-order valence-electron chi connectivity index (χ0n) is 12.7. The summed E-state index contributed by atoms with van der Waals surface area (Å²) in [5.74, 6) is 1.51. The monoisotopic (exact) mass is 378 g/mol. The minimum atomic E-state index is -0.186. The van der Waals surface area contributed by atoms with Gasteiger partial charge in [0.15, 0.2) is 5.76 Å². The fourth-order valence-electron chi connectivity index (χ4n) is 2.50. The van der Waals surface area contributed by atoms with Gasteiger partial charge in [-0.25, -0.2) is 0 Å². The number of hydrogen-bond donors (Lipinski definition) is 2. The van der Waals surface area contributed by atoms with E-state index in [1.54, 1.807) is 12.1 Å². The van der Waals surface area contributed by atoms with Crippen LogP contribution in [-0.2, 0) is 6.61 Å². The fraction of sp³-hybridized carbons (Fsp3) is 0.353. The second-order valence-electron chi connectivity index (χ2n) is 5.51. The van der Waals surface area contributed by atoms with E-state index < -0.39 is 0 Å². The van der Waals surface area contributed by atoms with Crippen molar-refractivity contribution in [3.63, 3.8) is 0 Å². The maximum Gasteiger partial charge on any atom is 0.287 e. The van der Waals surface area contributed by atoms with E-state index in [2.05, 4.69) is 26.6 Å². The summed E-state index contributed by atoms with van der Waals surface area (Å²) in [7, 11) is 0. The molecule has 6 heteroatoms. The summed E-state index contributed by atoms with van der Waals surface area (Å²) in [5.41, 5.74) is 0. The molecule has 0 saturated carbocycles. The highest BCUT2D eigenvalue weighted by Crippen LogP contribution is 2.18. The normalized spacial score (nSPS) is 17.2. The maximum atomic E-state index is 12.0. The molecule has 2 heterocycles. The third-order valence-corrected chi connectivity index (χ3v) is 4.28. The molecule has 23 heavy (non-hydrogen) atoms. The Morgan fingerprint density at radius 3 is 2.87 bits per heavy atom. The number of carbonyl (C=O) groups excluding carboxylic acids is 1. The van der Waals surface area contributed by atoms with Crippen LogP contribution in [0.3, 0.4) is 0 Å². The lowest BCUT2D eigenvalue weighted by Gasteiger charge is -2.10. The number of nitrogens with one attached hydrogen (secondary N) is 2. The lowest BCUT2D eigenvalue weighted by Crippen LogP contribution is -2.37. The average Bonchev–Trinajstić information content (AvgIpc) is 3.24. The van der Waals surface area contributed by atoms with Crippen molar-refractivity contribution in [2.75, 3.05) is 13.1 Å². The lowest BCUT2D eigenvalue weighted by atomic mass is 10.2. The minimum Gasteiger partial charge on any atom is -0.486 e. The third kappa shape index (κ3) is 4.59. The molecule has 1 unspecified atom stereocenters. The molecular formula is C17H19BrN2O3. The molecule has 1 saturated heterocycles. The Morgan fingerprint density at radius 2 is 2.13 bits per heavy atom. The highest BCUT2D eigenvalue weighted by atomic mass is 79.9. The summed E-state index contributed by atoms with van der Waals surface area (Å²) in [6.45, 7) is 1.95. The van der Waals surface area contributed by atoms with E-state index in [1.165, 1.54) is 6.42 Å². The third-order valence-electron chi connectivity index (χ3n) is 3.75. The molecule has 1 aromatic carbocycles. The second kappa shape index (κ2) is 7.66. The number of furan rings is 1. The predicted molar refractivity (Wildman–Crippen MR) is 90.5 cm³/mol. The van der Waals surface area contributed by atoms with Gasteiger partial charge in [0.25, 0.3) is 5.91 Å². The van der Waals surface area contributed by atoms with Crippen LogP contribution in [0.1, 0.15) is 29.2 Å². The Kier molecular flexibility index (Phi) is 5.35. The molecule has 0 bridgehead atoms. The van der Waals surface area contributed by atoms with Crippen molar-refractivity contribution in [3.8, 4) is 5.75 Å². The lowest BCUT2D eigenvalue weighted by molar-refractivity contribution is 0.0918. The van der Waals surface area contributed by atoms with Crippen molar-refractivity contribution >= 4 is 21.8 Å². The molecule has 1 fully saturated rings. The van der Waals surface area contributed by atoms with Gasteiger partial charge in [0.2, 0.25) is 0 Å². The predicted octanol–water partition coefficient (Wildman–Crippen LogP) is 3.10. The van der Waals surface area contributed by atoms with Gasteiger partial charge in [0.05, 0.1) is 0 Å². The molecule has 1 aromatic heterocycles. The summed E-state index contributed by atoms with van der Waals surface area (Å²) in [6, 6.07) is 11.4. The maximum absolute atomic E-state index is 12.0. The Labute approximate surface area is 143 Å². The Morgan fingerprint density at radius 1 is 1.30 bits per heavy atom. The van der Waals surface area contributed by atoms with E-state index in [9.17, 15) is 4.79 Å². The molecule has 1 amide bonds. The van der Waals surface area contributed by atoms with E-state index in [4.69, 9.17) is 9.15 Å². The Bertz CT molecular complexity index is 648. The molecule has 1 aliphatic heterocycles. The summed E-state index contributed by atoms with van der Waals surface area (Å²) in [5, 5.41) is 6.24. The Balaban J connectivity index is 1.48. The number of benzene rings is 1. The fourth-order valence-corrected chi connectivity index (χ4v) is 2.76. The van der Waals surface area contributed by atoms with Crippen LogP contribution in [0.25, 0.3) is 0 Å². The minimum absolute atomic E-state index is 0.186. The number of amides is 1. The highest BCUT2D eigenvalue weighted by molar-refractivity contribution is 9.10. The van der Waals surface area contributed by atoms with Gasteiger partial charge in [-0.05, 0) is 55.8 Å². The van der Waals surface area contributed by atoms with Crippen molar-refractivity contribution in [3.05, 3.63) is 52.4 Å². The molecule has 5 nitrogen and oxygen atoms in total. The van der Waals surface area contributed by atoms with Gasteiger partial charge >= 0.3 is 0 Å². The van der Waals surface area contributed by atoms with E-state index >= 15 is 0 Å². The van der Waals surface area contributed by atoms with Gasteiger partial charge in [0, 0.05) is 17.1 Å². The van der Waals surface area contributed by atoms with Crippen molar-refractivity contribution in [2.45, 2.75) is 25.5 Å². The van der Waals surface area contributed by atoms with Crippen LogP contribution >= 0.6 is 15.9 Å².